The molecule has 0 spiro atoms. The number of benzene rings is 1. The Kier molecular flexibility index (Phi) is 6.58. The number of nitrogens with zero attached hydrogens (tertiary/aromatic N) is 1. The number of aryl methyl sites for hydroxylation is 2. The normalized spacial score (nSPS) is 16.6. The SMILES string of the molecule is Cc1cccc(CCCSC2C(C(=O)O)=CC=CN2Cc2cccs2)c1. The molecule has 1 aromatic heterocycles. The van der Waals surface area contributed by atoms with Gasteiger partial charge >= 0.3 is 5.97 Å². The van der Waals surface area contributed by atoms with E-state index in [1.807, 2.05) is 18.3 Å². The molecule has 136 valence electrons. The van der Waals surface area contributed by atoms with E-state index >= 15 is 0 Å². The van der Waals surface area contributed by atoms with E-state index < -0.39 is 5.97 Å². The van der Waals surface area contributed by atoms with Gasteiger partial charge < -0.3 is 10.0 Å². The lowest BCUT2D eigenvalue weighted by Gasteiger charge is -2.32. The van der Waals surface area contributed by atoms with E-state index in [2.05, 4.69) is 47.5 Å². The molecule has 0 amide bonds. The Morgan fingerprint density at radius 3 is 2.92 bits per heavy atom. The number of carboxylic acids is 1. The van der Waals surface area contributed by atoms with Gasteiger partial charge in [-0.1, -0.05) is 35.9 Å². The molecule has 2 heterocycles. The second kappa shape index (κ2) is 9.10. The van der Waals surface area contributed by atoms with Crippen LogP contribution in [-0.4, -0.2) is 27.1 Å². The number of carbonyl (C=O) groups is 1. The molecular formula is C21H23NO2S2. The first-order chi connectivity index (χ1) is 12.6. The summed E-state index contributed by atoms with van der Waals surface area (Å²) in [5, 5.41) is 11.5. The van der Waals surface area contributed by atoms with E-state index in [0.29, 0.717) is 5.57 Å². The second-order valence-corrected chi connectivity index (χ2v) is 8.56. The zero-order chi connectivity index (χ0) is 18.4. The number of thiophene rings is 1. The van der Waals surface area contributed by atoms with E-state index in [9.17, 15) is 9.90 Å². The standard InChI is InChI=1S/C21H23NO2S2/c1-16-6-2-7-17(14-16)8-4-13-26-20-19(21(23)24)10-3-11-22(20)15-18-9-5-12-25-18/h2-3,5-7,9-12,14,20H,4,8,13,15H2,1H3,(H,23,24). The molecule has 0 saturated carbocycles. The highest BCUT2D eigenvalue weighted by Gasteiger charge is 2.27. The number of aliphatic carboxylic acids is 1. The molecule has 1 atom stereocenters. The van der Waals surface area contributed by atoms with Crippen LogP contribution >= 0.6 is 23.1 Å². The summed E-state index contributed by atoms with van der Waals surface area (Å²) in [6, 6.07) is 12.7. The monoisotopic (exact) mass is 385 g/mol. The van der Waals surface area contributed by atoms with E-state index in [1.165, 1.54) is 16.0 Å². The third-order valence-electron chi connectivity index (χ3n) is 4.25. The van der Waals surface area contributed by atoms with E-state index in [1.54, 1.807) is 29.2 Å². The summed E-state index contributed by atoms with van der Waals surface area (Å²) in [5.74, 6) is 0.0968. The first kappa shape index (κ1) is 18.8. The third kappa shape index (κ3) is 5.02. The van der Waals surface area contributed by atoms with Crippen LogP contribution < -0.4 is 0 Å². The molecule has 5 heteroatoms. The molecule has 1 aliphatic heterocycles. The summed E-state index contributed by atoms with van der Waals surface area (Å²) in [6.45, 7) is 2.85. The Hall–Kier alpha value is -1.98. The van der Waals surface area contributed by atoms with Crippen LogP contribution in [0.1, 0.15) is 22.4 Å². The van der Waals surface area contributed by atoms with E-state index in [-0.39, 0.29) is 5.37 Å². The molecule has 0 aliphatic carbocycles. The lowest BCUT2D eigenvalue weighted by molar-refractivity contribution is -0.133. The average Bonchev–Trinajstić information content (AvgIpc) is 3.12. The van der Waals surface area contributed by atoms with Crippen LogP contribution in [0.3, 0.4) is 0 Å². The van der Waals surface area contributed by atoms with Crippen molar-refractivity contribution < 1.29 is 9.90 Å². The lowest BCUT2D eigenvalue weighted by atomic mass is 10.1. The fraction of sp³-hybridized carbons (Fsp3) is 0.286. The van der Waals surface area contributed by atoms with Gasteiger partial charge in [-0.3, -0.25) is 0 Å². The molecule has 2 aromatic rings. The number of thioether (sulfide) groups is 1. The quantitative estimate of drug-likeness (QED) is 0.643. The largest absolute Gasteiger partial charge is 0.478 e. The minimum Gasteiger partial charge on any atom is -0.478 e. The fourth-order valence-electron chi connectivity index (χ4n) is 3.02. The van der Waals surface area contributed by atoms with Crippen molar-refractivity contribution in [3.05, 3.63) is 81.7 Å². The van der Waals surface area contributed by atoms with Crippen molar-refractivity contribution in [1.82, 2.24) is 4.90 Å². The van der Waals surface area contributed by atoms with Gasteiger partial charge in [0.1, 0.15) is 5.37 Å². The second-order valence-electron chi connectivity index (χ2n) is 6.34. The van der Waals surface area contributed by atoms with E-state index in [4.69, 9.17) is 0 Å². The molecule has 3 rings (SSSR count). The number of hydrogen-bond acceptors (Lipinski definition) is 4. The molecule has 0 fully saturated rings. The van der Waals surface area contributed by atoms with Gasteiger partial charge in [0.15, 0.2) is 0 Å². The number of allylic oxidation sites excluding steroid dienone is 2. The number of hydrogen-bond donors (Lipinski definition) is 1. The van der Waals surface area contributed by atoms with Crippen LogP contribution in [0.15, 0.2) is 65.7 Å². The molecule has 1 aromatic carbocycles. The highest BCUT2D eigenvalue weighted by Crippen LogP contribution is 2.30. The maximum atomic E-state index is 11.7. The van der Waals surface area contributed by atoms with Gasteiger partial charge in [0, 0.05) is 11.1 Å². The van der Waals surface area contributed by atoms with Crippen molar-refractivity contribution in [3.63, 3.8) is 0 Å². The summed E-state index contributed by atoms with van der Waals surface area (Å²) in [7, 11) is 0. The Morgan fingerprint density at radius 2 is 2.19 bits per heavy atom. The topological polar surface area (TPSA) is 40.5 Å². The van der Waals surface area contributed by atoms with E-state index in [0.717, 1.165) is 25.1 Å². The average molecular weight is 386 g/mol. The van der Waals surface area contributed by atoms with Gasteiger partial charge in [-0.2, -0.15) is 0 Å². The zero-order valence-corrected chi connectivity index (χ0v) is 16.4. The maximum Gasteiger partial charge on any atom is 0.334 e. The van der Waals surface area contributed by atoms with Gasteiger partial charge in [-0.25, -0.2) is 4.79 Å². The Morgan fingerprint density at radius 1 is 1.31 bits per heavy atom. The molecule has 1 aliphatic rings. The van der Waals surface area contributed by atoms with Crippen molar-refractivity contribution in [3.8, 4) is 0 Å². The van der Waals surface area contributed by atoms with Crippen LogP contribution in [0.5, 0.6) is 0 Å². The Bertz CT molecular complexity index is 796. The van der Waals surface area contributed by atoms with Gasteiger partial charge in [-0.15, -0.1) is 23.1 Å². The molecule has 1 unspecified atom stereocenters. The van der Waals surface area contributed by atoms with Crippen molar-refractivity contribution >= 4 is 29.1 Å². The number of carboxylic acid groups (broad SMARTS) is 1. The third-order valence-corrected chi connectivity index (χ3v) is 6.48. The van der Waals surface area contributed by atoms with Crippen LogP contribution in [0, 0.1) is 6.92 Å². The predicted octanol–water partition coefficient (Wildman–Crippen LogP) is 5.09. The van der Waals surface area contributed by atoms with Crippen LogP contribution in [0.25, 0.3) is 0 Å². The molecule has 26 heavy (non-hydrogen) atoms. The highest BCUT2D eigenvalue weighted by molar-refractivity contribution is 8.00. The minimum atomic E-state index is -0.832. The molecule has 0 bridgehead atoms. The van der Waals surface area contributed by atoms with Crippen LogP contribution in [-0.2, 0) is 17.8 Å². The Labute approximate surface area is 163 Å². The van der Waals surface area contributed by atoms with Gasteiger partial charge in [0.25, 0.3) is 0 Å². The molecular weight excluding hydrogens is 362 g/mol. The fourth-order valence-corrected chi connectivity index (χ4v) is 4.96. The molecule has 0 radical (unpaired) electrons. The first-order valence-corrected chi connectivity index (χ1v) is 10.6. The summed E-state index contributed by atoms with van der Waals surface area (Å²) in [6.07, 6.45) is 7.62. The minimum absolute atomic E-state index is 0.142. The maximum absolute atomic E-state index is 11.7. The van der Waals surface area contributed by atoms with Gasteiger partial charge in [0.2, 0.25) is 0 Å². The van der Waals surface area contributed by atoms with Gasteiger partial charge in [-0.05, 0) is 54.7 Å². The molecule has 0 saturated heterocycles. The van der Waals surface area contributed by atoms with Crippen molar-refractivity contribution in [2.45, 2.75) is 31.7 Å². The first-order valence-electron chi connectivity index (χ1n) is 8.70. The van der Waals surface area contributed by atoms with Crippen molar-refractivity contribution in [2.24, 2.45) is 0 Å². The zero-order valence-electron chi connectivity index (χ0n) is 14.8. The summed E-state index contributed by atoms with van der Waals surface area (Å²) >= 11 is 3.42. The summed E-state index contributed by atoms with van der Waals surface area (Å²) in [5.41, 5.74) is 3.09. The van der Waals surface area contributed by atoms with Crippen LogP contribution in [0.4, 0.5) is 0 Å². The van der Waals surface area contributed by atoms with Gasteiger partial charge in [0.05, 0.1) is 12.1 Å². The van der Waals surface area contributed by atoms with Crippen LogP contribution in [0.2, 0.25) is 0 Å². The lowest BCUT2D eigenvalue weighted by Crippen LogP contribution is -2.34. The summed E-state index contributed by atoms with van der Waals surface area (Å²) < 4.78 is 0. The predicted molar refractivity (Wildman–Crippen MR) is 110 cm³/mol. The highest BCUT2D eigenvalue weighted by atomic mass is 32.2. The Balaban J connectivity index is 1.60. The molecule has 3 nitrogen and oxygen atoms in total. The molecule has 1 N–H and O–H groups in total. The summed E-state index contributed by atoms with van der Waals surface area (Å²) in [4.78, 5) is 15.0. The van der Waals surface area contributed by atoms with Crippen molar-refractivity contribution in [1.29, 1.82) is 0 Å². The number of rotatable bonds is 8. The van der Waals surface area contributed by atoms with Crippen molar-refractivity contribution in [2.75, 3.05) is 5.75 Å². The smallest absolute Gasteiger partial charge is 0.334 e.